The summed E-state index contributed by atoms with van der Waals surface area (Å²) in [6.07, 6.45) is 7.47. The summed E-state index contributed by atoms with van der Waals surface area (Å²) < 4.78 is 0. The Morgan fingerprint density at radius 1 is 1.25 bits per heavy atom. The van der Waals surface area contributed by atoms with Gasteiger partial charge in [0, 0.05) is 23.9 Å². The van der Waals surface area contributed by atoms with E-state index in [1.807, 2.05) is 11.8 Å². The van der Waals surface area contributed by atoms with Gasteiger partial charge in [-0.2, -0.15) is 11.8 Å². The minimum Gasteiger partial charge on any atom is -0.370 e. The van der Waals surface area contributed by atoms with Crippen LogP contribution in [0.4, 0.5) is 11.6 Å². The smallest absolute Gasteiger partial charge is 0.134 e. The van der Waals surface area contributed by atoms with Crippen LogP contribution in [-0.2, 0) is 6.42 Å². The highest BCUT2D eigenvalue weighted by Crippen LogP contribution is 2.25. The van der Waals surface area contributed by atoms with Crippen LogP contribution in [0.1, 0.15) is 45.1 Å². The molecule has 0 amide bonds. The predicted molar refractivity (Wildman–Crippen MR) is 88.8 cm³/mol. The maximum absolute atomic E-state index is 4.49. The molecule has 2 heterocycles. The van der Waals surface area contributed by atoms with E-state index in [1.165, 1.54) is 29.9 Å². The molecule has 2 N–H and O–H groups in total. The van der Waals surface area contributed by atoms with Gasteiger partial charge in [0.2, 0.25) is 0 Å². The molecule has 1 aliphatic heterocycles. The first-order valence-corrected chi connectivity index (χ1v) is 8.92. The molecule has 0 aliphatic carbocycles. The molecule has 2 rings (SSSR count). The fourth-order valence-electron chi connectivity index (χ4n) is 2.47. The molecule has 20 heavy (non-hydrogen) atoms. The molecule has 0 spiro atoms. The average Bonchev–Trinajstić information content (AvgIpc) is 2.49. The second-order valence-corrected chi connectivity index (χ2v) is 6.43. The molecule has 4 nitrogen and oxygen atoms in total. The number of nitrogens with zero attached hydrogens (tertiary/aromatic N) is 2. The van der Waals surface area contributed by atoms with E-state index in [4.69, 9.17) is 0 Å². The fraction of sp³-hybridized carbons (Fsp3) is 0.733. The van der Waals surface area contributed by atoms with Crippen molar-refractivity contribution in [1.82, 2.24) is 9.97 Å². The molecule has 1 aromatic heterocycles. The van der Waals surface area contributed by atoms with Gasteiger partial charge in [-0.05, 0) is 31.4 Å². The first-order valence-electron chi connectivity index (χ1n) is 7.77. The van der Waals surface area contributed by atoms with E-state index in [1.54, 1.807) is 6.33 Å². The summed E-state index contributed by atoms with van der Waals surface area (Å²) in [5.74, 6) is 4.53. The Hall–Kier alpha value is -0.970. The van der Waals surface area contributed by atoms with Crippen LogP contribution in [-0.4, -0.2) is 34.1 Å². The van der Waals surface area contributed by atoms with Crippen molar-refractivity contribution in [3.8, 4) is 0 Å². The minimum atomic E-state index is 0.554. The van der Waals surface area contributed by atoms with Crippen LogP contribution in [0.3, 0.4) is 0 Å². The predicted octanol–water partition coefficient (Wildman–Crippen LogP) is 3.56. The lowest BCUT2D eigenvalue weighted by atomic mass is 10.1. The molecule has 5 heteroatoms. The van der Waals surface area contributed by atoms with Crippen molar-refractivity contribution in [3.63, 3.8) is 0 Å². The molecule has 0 saturated carbocycles. The molecular formula is C15H26N4S. The summed E-state index contributed by atoms with van der Waals surface area (Å²) in [5.41, 5.74) is 1.25. The summed E-state index contributed by atoms with van der Waals surface area (Å²) in [6, 6.07) is 0.554. The Morgan fingerprint density at radius 3 is 2.80 bits per heavy atom. The van der Waals surface area contributed by atoms with Crippen molar-refractivity contribution in [3.05, 3.63) is 11.9 Å². The zero-order valence-electron chi connectivity index (χ0n) is 12.6. The summed E-state index contributed by atoms with van der Waals surface area (Å²) in [4.78, 5) is 8.91. The molecule has 1 aromatic rings. The van der Waals surface area contributed by atoms with E-state index in [-0.39, 0.29) is 0 Å². The zero-order valence-corrected chi connectivity index (χ0v) is 13.4. The van der Waals surface area contributed by atoms with Crippen LogP contribution in [0.25, 0.3) is 0 Å². The summed E-state index contributed by atoms with van der Waals surface area (Å²) in [7, 11) is 0. The monoisotopic (exact) mass is 294 g/mol. The molecule has 1 aliphatic rings. The highest BCUT2D eigenvalue weighted by Gasteiger charge is 2.17. The average molecular weight is 294 g/mol. The van der Waals surface area contributed by atoms with Crippen molar-refractivity contribution < 1.29 is 0 Å². The zero-order chi connectivity index (χ0) is 14.2. The molecular weight excluding hydrogens is 268 g/mol. The molecule has 0 radical (unpaired) electrons. The lowest BCUT2D eigenvalue weighted by Gasteiger charge is -2.24. The molecule has 1 saturated heterocycles. The van der Waals surface area contributed by atoms with Gasteiger partial charge < -0.3 is 10.6 Å². The third-order valence-corrected chi connectivity index (χ3v) is 4.70. The van der Waals surface area contributed by atoms with Gasteiger partial charge in [0.15, 0.2) is 0 Å². The number of hydrogen-bond donors (Lipinski definition) is 2. The number of hydrogen-bond acceptors (Lipinski definition) is 5. The van der Waals surface area contributed by atoms with E-state index < -0.39 is 0 Å². The second-order valence-electron chi connectivity index (χ2n) is 5.28. The van der Waals surface area contributed by atoms with Crippen molar-refractivity contribution >= 4 is 23.4 Å². The van der Waals surface area contributed by atoms with Gasteiger partial charge in [0.25, 0.3) is 0 Å². The SMILES string of the molecule is CCCNc1ncnc(NC2CCCSC2)c1CCC. The van der Waals surface area contributed by atoms with Crippen molar-refractivity contribution in [2.45, 2.75) is 52.0 Å². The number of nitrogens with one attached hydrogen (secondary N) is 2. The topological polar surface area (TPSA) is 49.8 Å². The summed E-state index contributed by atoms with van der Waals surface area (Å²) >= 11 is 2.04. The van der Waals surface area contributed by atoms with E-state index in [0.29, 0.717) is 6.04 Å². The van der Waals surface area contributed by atoms with Gasteiger partial charge in [-0.1, -0.05) is 20.3 Å². The Labute approximate surface area is 126 Å². The summed E-state index contributed by atoms with van der Waals surface area (Å²) in [6.45, 7) is 5.34. The second kappa shape index (κ2) is 8.35. The number of thioether (sulfide) groups is 1. The van der Waals surface area contributed by atoms with Gasteiger partial charge in [-0.15, -0.1) is 0 Å². The highest BCUT2D eigenvalue weighted by molar-refractivity contribution is 7.99. The lowest BCUT2D eigenvalue weighted by Crippen LogP contribution is -2.27. The molecule has 0 bridgehead atoms. The molecule has 1 unspecified atom stereocenters. The molecule has 112 valence electrons. The van der Waals surface area contributed by atoms with E-state index in [0.717, 1.165) is 37.4 Å². The van der Waals surface area contributed by atoms with Crippen LogP contribution in [0.5, 0.6) is 0 Å². The van der Waals surface area contributed by atoms with E-state index in [2.05, 4.69) is 34.4 Å². The first kappa shape index (κ1) is 15.4. The van der Waals surface area contributed by atoms with Gasteiger partial charge >= 0.3 is 0 Å². The maximum Gasteiger partial charge on any atom is 0.134 e. The van der Waals surface area contributed by atoms with Gasteiger partial charge in [0.05, 0.1) is 0 Å². The van der Waals surface area contributed by atoms with Gasteiger partial charge in [-0.3, -0.25) is 0 Å². The third-order valence-electron chi connectivity index (χ3n) is 3.49. The Balaban J connectivity index is 2.12. The quantitative estimate of drug-likeness (QED) is 0.805. The number of anilines is 2. The van der Waals surface area contributed by atoms with Crippen LogP contribution in [0.15, 0.2) is 6.33 Å². The lowest BCUT2D eigenvalue weighted by molar-refractivity contribution is 0.680. The minimum absolute atomic E-state index is 0.554. The van der Waals surface area contributed by atoms with Gasteiger partial charge in [0.1, 0.15) is 18.0 Å². The van der Waals surface area contributed by atoms with Crippen molar-refractivity contribution in [2.24, 2.45) is 0 Å². The van der Waals surface area contributed by atoms with E-state index in [9.17, 15) is 0 Å². The normalized spacial score (nSPS) is 18.8. The Morgan fingerprint density at radius 2 is 2.10 bits per heavy atom. The Kier molecular flexibility index (Phi) is 6.43. The van der Waals surface area contributed by atoms with Crippen LogP contribution in [0, 0.1) is 0 Å². The number of rotatable bonds is 7. The third kappa shape index (κ3) is 4.27. The van der Waals surface area contributed by atoms with Crippen molar-refractivity contribution in [1.29, 1.82) is 0 Å². The number of aromatic nitrogens is 2. The maximum atomic E-state index is 4.49. The Bertz CT molecular complexity index is 405. The van der Waals surface area contributed by atoms with Crippen LogP contribution >= 0.6 is 11.8 Å². The van der Waals surface area contributed by atoms with Gasteiger partial charge in [-0.25, -0.2) is 9.97 Å². The molecule has 1 fully saturated rings. The van der Waals surface area contributed by atoms with Crippen LogP contribution < -0.4 is 10.6 Å². The van der Waals surface area contributed by atoms with Crippen molar-refractivity contribution in [2.75, 3.05) is 28.7 Å². The molecule has 0 aromatic carbocycles. The highest BCUT2D eigenvalue weighted by atomic mass is 32.2. The largest absolute Gasteiger partial charge is 0.370 e. The standard InChI is InChI=1S/C15H26N4S/c1-3-6-13-14(16-8-4-2)17-11-18-15(13)19-12-7-5-9-20-10-12/h11-12H,3-10H2,1-2H3,(H2,16,17,18,19). The summed E-state index contributed by atoms with van der Waals surface area (Å²) in [5, 5.41) is 7.07. The first-order chi connectivity index (χ1) is 9.85. The molecule has 1 atom stereocenters. The fourth-order valence-corrected chi connectivity index (χ4v) is 3.54. The van der Waals surface area contributed by atoms with E-state index >= 15 is 0 Å². The van der Waals surface area contributed by atoms with Crippen LogP contribution in [0.2, 0.25) is 0 Å².